The van der Waals surface area contributed by atoms with Gasteiger partial charge in [-0.15, -0.1) is 11.3 Å². The lowest BCUT2D eigenvalue weighted by Crippen LogP contribution is -2.29. The van der Waals surface area contributed by atoms with Gasteiger partial charge >= 0.3 is 0 Å². The highest BCUT2D eigenvalue weighted by Crippen LogP contribution is 2.29. The minimum Gasteiger partial charge on any atom is -0.298 e. The standard InChI is InChI=1S/C23H26N4O3S2/c1-16-9-10-18(32(29,30)26(2)3)13-19(16)22(28)25-23-24-20-11-12-27(15-21(20)31-23)14-17-7-5-4-6-8-17/h4-10,13H,11-12,14-15H2,1-3H3,(H,24,25,28). The molecule has 0 atom stereocenters. The molecule has 4 rings (SSSR count). The van der Waals surface area contributed by atoms with Gasteiger partial charge in [0, 0.05) is 50.6 Å². The van der Waals surface area contributed by atoms with E-state index in [9.17, 15) is 13.2 Å². The number of amides is 1. The van der Waals surface area contributed by atoms with Gasteiger partial charge in [0.25, 0.3) is 5.91 Å². The van der Waals surface area contributed by atoms with Gasteiger partial charge in [-0.3, -0.25) is 15.0 Å². The van der Waals surface area contributed by atoms with E-state index in [2.05, 4.69) is 27.3 Å². The largest absolute Gasteiger partial charge is 0.298 e. The summed E-state index contributed by atoms with van der Waals surface area (Å²) < 4.78 is 26.0. The van der Waals surface area contributed by atoms with Crippen LogP contribution in [0.3, 0.4) is 0 Å². The Kier molecular flexibility index (Phi) is 6.43. The summed E-state index contributed by atoms with van der Waals surface area (Å²) in [4.78, 5) is 21.2. The lowest BCUT2D eigenvalue weighted by molar-refractivity contribution is 0.102. The van der Waals surface area contributed by atoms with Gasteiger partial charge < -0.3 is 0 Å². The first kappa shape index (κ1) is 22.6. The number of sulfonamides is 1. The molecule has 1 aliphatic heterocycles. The summed E-state index contributed by atoms with van der Waals surface area (Å²) in [6.07, 6.45) is 0.837. The van der Waals surface area contributed by atoms with Gasteiger partial charge in [-0.05, 0) is 30.2 Å². The SMILES string of the molecule is Cc1ccc(S(=O)(=O)N(C)C)cc1C(=O)Nc1nc2c(s1)CN(Cc1ccccc1)CC2. The quantitative estimate of drug-likeness (QED) is 0.596. The van der Waals surface area contributed by atoms with Gasteiger partial charge in [-0.2, -0.15) is 0 Å². The van der Waals surface area contributed by atoms with E-state index in [-0.39, 0.29) is 10.8 Å². The van der Waals surface area contributed by atoms with Crippen LogP contribution in [0.5, 0.6) is 0 Å². The first-order chi connectivity index (χ1) is 15.2. The van der Waals surface area contributed by atoms with E-state index in [1.165, 1.54) is 43.1 Å². The van der Waals surface area contributed by atoms with Crippen molar-refractivity contribution >= 4 is 32.4 Å². The van der Waals surface area contributed by atoms with Crippen molar-refractivity contribution in [2.24, 2.45) is 0 Å². The number of nitrogens with zero attached hydrogens (tertiary/aromatic N) is 3. The molecule has 0 spiro atoms. The van der Waals surface area contributed by atoms with Crippen LogP contribution >= 0.6 is 11.3 Å². The molecule has 1 amide bonds. The number of carbonyl (C=O) groups is 1. The number of hydrogen-bond donors (Lipinski definition) is 1. The molecule has 168 valence electrons. The monoisotopic (exact) mass is 470 g/mol. The normalized spacial score (nSPS) is 14.4. The first-order valence-electron chi connectivity index (χ1n) is 10.3. The van der Waals surface area contributed by atoms with Crippen LogP contribution in [0.4, 0.5) is 5.13 Å². The third kappa shape index (κ3) is 4.75. The maximum atomic E-state index is 12.9. The number of aryl methyl sites for hydroxylation is 1. The van der Waals surface area contributed by atoms with Crippen molar-refractivity contribution in [3.05, 3.63) is 75.8 Å². The Morgan fingerprint density at radius 2 is 1.94 bits per heavy atom. The van der Waals surface area contributed by atoms with E-state index < -0.39 is 10.0 Å². The fraction of sp³-hybridized carbons (Fsp3) is 0.304. The highest BCUT2D eigenvalue weighted by molar-refractivity contribution is 7.89. The molecular weight excluding hydrogens is 444 g/mol. The minimum absolute atomic E-state index is 0.0910. The summed E-state index contributed by atoms with van der Waals surface area (Å²) in [5.74, 6) is -0.356. The summed E-state index contributed by atoms with van der Waals surface area (Å²) in [5, 5.41) is 3.41. The van der Waals surface area contributed by atoms with Crippen LogP contribution in [-0.2, 0) is 29.5 Å². The van der Waals surface area contributed by atoms with Crippen molar-refractivity contribution in [1.29, 1.82) is 0 Å². The zero-order valence-electron chi connectivity index (χ0n) is 18.3. The molecule has 0 unspecified atom stereocenters. The molecule has 32 heavy (non-hydrogen) atoms. The molecule has 2 heterocycles. The van der Waals surface area contributed by atoms with E-state index >= 15 is 0 Å². The maximum Gasteiger partial charge on any atom is 0.257 e. The van der Waals surface area contributed by atoms with Gasteiger partial charge in [0.2, 0.25) is 10.0 Å². The lowest BCUT2D eigenvalue weighted by atomic mass is 10.1. The van der Waals surface area contributed by atoms with Crippen molar-refractivity contribution in [2.75, 3.05) is 26.0 Å². The second-order valence-corrected chi connectivity index (χ2v) is 11.3. The number of rotatable bonds is 6. The lowest BCUT2D eigenvalue weighted by Gasteiger charge is -2.25. The Bertz CT molecular complexity index is 1240. The number of thiazole rings is 1. The molecule has 9 heteroatoms. The summed E-state index contributed by atoms with van der Waals surface area (Å²) in [7, 11) is -0.685. The fourth-order valence-corrected chi connectivity index (χ4v) is 5.63. The van der Waals surface area contributed by atoms with Crippen molar-refractivity contribution < 1.29 is 13.2 Å². The van der Waals surface area contributed by atoms with Gasteiger partial charge in [0.15, 0.2) is 5.13 Å². The molecule has 0 saturated carbocycles. The average molecular weight is 471 g/mol. The molecule has 0 saturated heterocycles. The topological polar surface area (TPSA) is 82.6 Å². The number of anilines is 1. The molecule has 0 bridgehead atoms. The number of hydrogen-bond acceptors (Lipinski definition) is 6. The smallest absolute Gasteiger partial charge is 0.257 e. The van der Waals surface area contributed by atoms with E-state index in [1.54, 1.807) is 13.0 Å². The maximum absolute atomic E-state index is 12.9. The number of nitrogens with one attached hydrogen (secondary N) is 1. The minimum atomic E-state index is -3.62. The molecule has 0 aliphatic carbocycles. The van der Waals surface area contributed by atoms with Crippen LogP contribution in [-0.4, -0.2) is 49.2 Å². The molecular formula is C23H26N4O3S2. The Labute approximate surface area is 192 Å². The van der Waals surface area contributed by atoms with Gasteiger partial charge in [-0.25, -0.2) is 17.7 Å². The Morgan fingerprint density at radius 1 is 1.19 bits per heavy atom. The molecule has 3 aromatic rings. The predicted molar refractivity (Wildman–Crippen MR) is 126 cm³/mol. The zero-order valence-corrected chi connectivity index (χ0v) is 20.0. The summed E-state index contributed by atoms with van der Waals surface area (Å²) in [5.41, 5.74) is 3.33. The van der Waals surface area contributed by atoms with Crippen LogP contribution in [0.15, 0.2) is 53.4 Å². The molecule has 1 aliphatic rings. The van der Waals surface area contributed by atoms with Gasteiger partial charge in [-0.1, -0.05) is 36.4 Å². The number of benzene rings is 2. The second kappa shape index (κ2) is 9.11. The molecule has 7 nitrogen and oxygen atoms in total. The summed E-state index contributed by atoms with van der Waals surface area (Å²) >= 11 is 1.48. The van der Waals surface area contributed by atoms with E-state index in [0.717, 1.165) is 40.9 Å². The van der Waals surface area contributed by atoms with Crippen LogP contribution < -0.4 is 5.32 Å². The average Bonchev–Trinajstić information content (AvgIpc) is 3.16. The number of carbonyl (C=O) groups excluding carboxylic acids is 1. The van der Waals surface area contributed by atoms with E-state index in [4.69, 9.17) is 0 Å². The first-order valence-corrected chi connectivity index (χ1v) is 12.6. The molecule has 0 fully saturated rings. The number of aromatic nitrogens is 1. The number of fused-ring (bicyclic) bond motifs is 1. The molecule has 2 aromatic carbocycles. The third-order valence-corrected chi connectivity index (χ3v) is 8.32. The van der Waals surface area contributed by atoms with Crippen molar-refractivity contribution in [3.8, 4) is 0 Å². The van der Waals surface area contributed by atoms with Gasteiger partial charge in [0.05, 0.1) is 10.6 Å². The summed E-state index contributed by atoms with van der Waals surface area (Å²) in [6, 6.07) is 15.0. The van der Waals surface area contributed by atoms with Crippen LogP contribution in [0.2, 0.25) is 0 Å². The highest BCUT2D eigenvalue weighted by atomic mass is 32.2. The second-order valence-electron chi connectivity index (χ2n) is 8.05. The van der Waals surface area contributed by atoms with Crippen LogP contribution in [0, 0.1) is 6.92 Å². The Balaban J connectivity index is 1.49. The van der Waals surface area contributed by atoms with Crippen molar-refractivity contribution in [3.63, 3.8) is 0 Å². The Morgan fingerprint density at radius 3 is 2.66 bits per heavy atom. The fourth-order valence-electron chi connectivity index (χ4n) is 3.66. The molecule has 1 aromatic heterocycles. The van der Waals surface area contributed by atoms with E-state index in [0.29, 0.717) is 16.3 Å². The van der Waals surface area contributed by atoms with Crippen molar-refractivity contribution in [1.82, 2.24) is 14.2 Å². The van der Waals surface area contributed by atoms with Crippen LogP contribution in [0.1, 0.15) is 32.1 Å². The van der Waals surface area contributed by atoms with Gasteiger partial charge in [0.1, 0.15) is 0 Å². The Hall–Kier alpha value is -2.59. The molecule has 0 radical (unpaired) electrons. The van der Waals surface area contributed by atoms with E-state index in [1.807, 2.05) is 18.2 Å². The summed E-state index contributed by atoms with van der Waals surface area (Å²) in [6.45, 7) is 4.39. The van der Waals surface area contributed by atoms with Crippen LogP contribution in [0.25, 0.3) is 0 Å². The predicted octanol–water partition coefficient (Wildman–Crippen LogP) is 3.51. The third-order valence-electron chi connectivity index (χ3n) is 5.51. The zero-order chi connectivity index (χ0) is 22.9. The highest BCUT2D eigenvalue weighted by Gasteiger charge is 2.23. The van der Waals surface area contributed by atoms with Crippen molar-refractivity contribution in [2.45, 2.75) is 31.3 Å². The molecule has 1 N–H and O–H groups in total.